The number of fused-ring (bicyclic) bond motifs is 1. The van der Waals surface area contributed by atoms with Crippen LogP contribution in [0, 0.1) is 0 Å². The lowest BCUT2D eigenvalue weighted by atomic mass is 10.1. The monoisotopic (exact) mass is 413 g/mol. The number of likely N-dealkylation sites (N-methyl/N-ethyl adjacent to an activating group) is 1. The van der Waals surface area contributed by atoms with Crippen molar-refractivity contribution in [3.05, 3.63) is 29.8 Å². The van der Waals surface area contributed by atoms with Crippen molar-refractivity contribution in [3.8, 4) is 5.75 Å². The van der Waals surface area contributed by atoms with Crippen molar-refractivity contribution in [3.63, 3.8) is 0 Å². The van der Waals surface area contributed by atoms with Gasteiger partial charge < -0.3 is 19.4 Å². The normalized spacial score (nSPS) is 24.2. The van der Waals surface area contributed by atoms with Gasteiger partial charge in [0.25, 0.3) is 5.91 Å². The molecule has 0 bridgehead atoms. The van der Waals surface area contributed by atoms with Crippen LogP contribution in [0.3, 0.4) is 0 Å². The fraction of sp³-hybridized carbons (Fsp3) is 0.524. The molecule has 9 nitrogen and oxygen atoms in total. The molecular weight excluding hydrogens is 386 g/mol. The number of benzene rings is 1. The highest BCUT2D eigenvalue weighted by Crippen LogP contribution is 2.27. The largest absolute Gasteiger partial charge is 0.497 e. The number of ketones is 1. The number of imide groups is 1. The molecule has 2 saturated heterocycles. The Hall–Kier alpha value is -3.10. The van der Waals surface area contributed by atoms with Gasteiger partial charge in [0.15, 0.2) is 24.0 Å². The highest BCUT2D eigenvalue weighted by molar-refractivity contribution is 6.06. The topological polar surface area (TPSA) is 94.5 Å². The summed E-state index contributed by atoms with van der Waals surface area (Å²) in [5, 5.41) is 2.38. The van der Waals surface area contributed by atoms with Gasteiger partial charge >= 0.3 is 6.03 Å². The van der Waals surface area contributed by atoms with Gasteiger partial charge in [-0.25, -0.2) is 9.79 Å². The van der Waals surface area contributed by atoms with E-state index in [1.807, 2.05) is 0 Å². The molecule has 160 valence electrons. The molecule has 0 spiro atoms. The van der Waals surface area contributed by atoms with Gasteiger partial charge in [0.2, 0.25) is 0 Å². The van der Waals surface area contributed by atoms with Crippen LogP contribution in [0.2, 0.25) is 0 Å². The van der Waals surface area contributed by atoms with Crippen LogP contribution in [0.1, 0.15) is 36.0 Å². The van der Waals surface area contributed by atoms with Crippen molar-refractivity contribution in [2.75, 3.05) is 33.8 Å². The number of nitrogens with zero attached hydrogens (tertiary/aromatic N) is 4. The van der Waals surface area contributed by atoms with Gasteiger partial charge in [-0.1, -0.05) is 12.8 Å². The third kappa shape index (κ3) is 3.71. The number of nitrogens with one attached hydrogen (secondary N) is 1. The summed E-state index contributed by atoms with van der Waals surface area (Å²) < 4.78 is 5.16. The molecule has 3 aliphatic rings. The summed E-state index contributed by atoms with van der Waals surface area (Å²) in [4.78, 5) is 48.0. The number of urea groups is 1. The maximum absolute atomic E-state index is 13.1. The molecule has 1 N–H and O–H groups in total. The Morgan fingerprint density at radius 3 is 2.43 bits per heavy atom. The van der Waals surface area contributed by atoms with E-state index in [0.717, 1.165) is 38.8 Å². The van der Waals surface area contributed by atoms with Gasteiger partial charge in [0.1, 0.15) is 5.75 Å². The number of carbonyl (C=O) groups excluding carboxylic acids is 3. The van der Waals surface area contributed by atoms with Crippen LogP contribution < -0.4 is 10.1 Å². The number of hydrogen-bond acceptors (Lipinski definition) is 7. The smallest absolute Gasteiger partial charge is 0.325 e. The number of Topliss-reactive ketones (excluding diaryl/α,β-unsaturated/α-hetero) is 1. The molecule has 4 rings (SSSR count). The lowest BCUT2D eigenvalue weighted by Gasteiger charge is -2.37. The van der Waals surface area contributed by atoms with Crippen LogP contribution in [0.25, 0.3) is 0 Å². The van der Waals surface area contributed by atoms with Gasteiger partial charge in [-0.2, -0.15) is 0 Å². The Bertz CT molecular complexity index is 861. The van der Waals surface area contributed by atoms with Crippen molar-refractivity contribution in [2.24, 2.45) is 4.99 Å². The fourth-order valence-corrected chi connectivity index (χ4v) is 4.24. The van der Waals surface area contributed by atoms with E-state index < -0.39 is 24.1 Å². The molecule has 3 amide bonds. The van der Waals surface area contributed by atoms with Crippen molar-refractivity contribution in [2.45, 2.75) is 37.9 Å². The Morgan fingerprint density at radius 2 is 1.80 bits per heavy atom. The van der Waals surface area contributed by atoms with Crippen LogP contribution >= 0.6 is 0 Å². The summed E-state index contributed by atoms with van der Waals surface area (Å²) in [7, 11) is 3.20. The van der Waals surface area contributed by atoms with E-state index in [-0.39, 0.29) is 12.3 Å². The van der Waals surface area contributed by atoms with E-state index in [1.165, 1.54) is 4.90 Å². The van der Waals surface area contributed by atoms with Gasteiger partial charge in [-0.15, -0.1) is 0 Å². The van der Waals surface area contributed by atoms with Crippen molar-refractivity contribution in [1.29, 1.82) is 0 Å². The van der Waals surface area contributed by atoms with Crippen LogP contribution in [0.5, 0.6) is 5.75 Å². The molecule has 3 aliphatic heterocycles. The second kappa shape index (κ2) is 8.33. The Kier molecular flexibility index (Phi) is 5.61. The molecule has 3 heterocycles. The molecule has 0 radical (unpaired) electrons. The highest BCUT2D eigenvalue weighted by atomic mass is 16.5. The van der Waals surface area contributed by atoms with Crippen LogP contribution in [-0.2, 0) is 4.79 Å². The second-order valence-electron chi connectivity index (χ2n) is 7.87. The highest BCUT2D eigenvalue weighted by Gasteiger charge is 2.50. The van der Waals surface area contributed by atoms with Crippen molar-refractivity contribution < 1.29 is 19.1 Å². The summed E-state index contributed by atoms with van der Waals surface area (Å²) in [6.07, 6.45) is 3.75. The average Bonchev–Trinajstić information content (AvgIpc) is 2.93. The Labute approximate surface area is 175 Å². The van der Waals surface area contributed by atoms with Crippen LogP contribution in [0.4, 0.5) is 4.79 Å². The molecule has 9 heteroatoms. The summed E-state index contributed by atoms with van der Waals surface area (Å²) in [5.74, 6) is 0.768. The zero-order valence-electron chi connectivity index (χ0n) is 17.3. The quantitative estimate of drug-likeness (QED) is 0.748. The first-order valence-electron chi connectivity index (χ1n) is 10.3. The SMILES string of the molecule is COc1ccc(C(=O)CN2C(N3CCCCCC3)=NC3C2C(=O)NC(=O)N3C)cc1. The summed E-state index contributed by atoms with van der Waals surface area (Å²) in [6, 6.07) is 5.73. The first kappa shape index (κ1) is 20.2. The molecule has 30 heavy (non-hydrogen) atoms. The first-order valence-corrected chi connectivity index (χ1v) is 10.3. The lowest BCUT2D eigenvalue weighted by molar-refractivity contribution is -0.127. The number of rotatable bonds is 4. The zero-order chi connectivity index (χ0) is 21.3. The Morgan fingerprint density at radius 1 is 1.13 bits per heavy atom. The van der Waals surface area contributed by atoms with Gasteiger partial charge in [0.05, 0.1) is 13.7 Å². The minimum absolute atomic E-state index is 0.0122. The Balaban J connectivity index is 1.62. The minimum Gasteiger partial charge on any atom is -0.497 e. The van der Waals surface area contributed by atoms with Gasteiger partial charge in [-0.05, 0) is 37.1 Å². The lowest BCUT2D eigenvalue weighted by Crippen LogP contribution is -2.64. The zero-order valence-corrected chi connectivity index (χ0v) is 17.3. The van der Waals surface area contributed by atoms with E-state index in [4.69, 9.17) is 9.73 Å². The van der Waals surface area contributed by atoms with E-state index in [9.17, 15) is 14.4 Å². The number of likely N-dealkylation sites (tertiary alicyclic amines) is 1. The third-order valence-electron chi connectivity index (χ3n) is 5.95. The standard InChI is InChI=1S/C21H27N5O4/c1-24-18-17(19(28)23-21(24)29)26(20(22-18)25-11-5-3-4-6-12-25)13-16(27)14-7-9-15(30-2)10-8-14/h7-10,17-18H,3-6,11-13H2,1-2H3,(H,23,28,29). The number of amides is 3. The number of carbonyl (C=O) groups is 3. The minimum atomic E-state index is -0.715. The third-order valence-corrected chi connectivity index (χ3v) is 5.95. The molecule has 0 saturated carbocycles. The number of ether oxygens (including phenoxy) is 1. The van der Waals surface area contributed by atoms with Gasteiger partial charge in [-0.3, -0.25) is 14.9 Å². The molecular formula is C21H27N5O4. The number of aliphatic imine (C=N–C) groups is 1. The second-order valence-corrected chi connectivity index (χ2v) is 7.87. The van der Waals surface area contributed by atoms with Crippen molar-refractivity contribution in [1.82, 2.24) is 20.0 Å². The average molecular weight is 413 g/mol. The molecule has 2 unspecified atom stereocenters. The summed E-state index contributed by atoms with van der Waals surface area (Å²) in [6.45, 7) is 1.66. The number of hydrogen-bond donors (Lipinski definition) is 1. The van der Waals surface area contributed by atoms with E-state index in [0.29, 0.717) is 17.3 Å². The molecule has 0 aliphatic carbocycles. The van der Waals surface area contributed by atoms with Gasteiger partial charge in [0, 0.05) is 25.7 Å². The van der Waals surface area contributed by atoms with Crippen LogP contribution in [0.15, 0.2) is 29.3 Å². The molecule has 1 aromatic carbocycles. The first-order chi connectivity index (χ1) is 14.5. The molecule has 2 atom stereocenters. The summed E-state index contributed by atoms with van der Waals surface area (Å²) in [5.41, 5.74) is 0.537. The van der Waals surface area contributed by atoms with Crippen LogP contribution in [-0.4, -0.2) is 84.4 Å². The number of methoxy groups -OCH3 is 1. The van der Waals surface area contributed by atoms with E-state index in [2.05, 4.69) is 10.2 Å². The predicted octanol–water partition coefficient (Wildman–Crippen LogP) is 1.30. The molecule has 1 aromatic rings. The fourth-order valence-electron chi connectivity index (χ4n) is 4.24. The molecule has 0 aromatic heterocycles. The number of guanidine groups is 1. The predicted molar refractivity (Wildman–Crippen MR) is 110 cm³/mol. The van der Waals surface area contributed by atoms with E-state index >= 15 is 0 Å². The maximum Gasteiger partial charge on any atom is 0.325 e. The maximum atomic E-state index is 13.1. The summed E-state index contributed by atoms with van der Waals surface area (Å²) >= 11 is 0. The molecule has 2 fully saturated rings. The van der Waals surface area contributed by atoms with E-state index in [1.54, 1.807) is 43.3 Å². The van der Waals surface area contributed by atoms with Crippen molar-refractivity contribution >= 4 is 23.7 Å².